The second kappa shape index (κ2) is 8.11. The van der Waals surface area contributed by atoms with E-state index in [2.05, 4.69) is 17.1 Å². The fourth-order valence-electron chi connectivity index (χ4n) is 3.45. The molecule has 122 valence electrons. The lowest BCUT2D eigenvalue weighted by molar-refractivity contribution is -0.135. The molecule has 0 spiro atoms. The Morgan fingerprint density at radius 3 is 2.81 bits per heavy atom. The van der Waals surface area contributed by atoms with Crippen LogP contribution >= 0.6 is 0 Å². The monoisotopic (exact) mass is 297 g/mol. The molecular formula is C16H31N3O2. The van der Waals surface area contributed by atoms with Gasteiger partial charge in [-0.2, -0.15) is 0 Å². The summed E-state index contributed by atoms with van der Waals surface area (Å²) in [6.45, 7) is 7.07. The predicted octanol–water partition coefficient (Wildman–Crippen LogP) is 1.12. The molecule has 0 aromatic heterocycles. The average Bonchev–Trinajstić information content (AvgIpc) is 2.53. The fourth-order valence-corrected chi connectivity index (χ4v) is 3.45. The number of hydrogen-bond acceptors (Lipinski definition) is 4. The van der Waals surface area contributed by atoms with E-state index in [0.29, 0.717) is 25.8 Å². The molecule has 1 atom stereocenters. The summed E-state index contributed by atoms with van der Waals surface area (Å²) in [5.74, 6) is 0.125. The molecule has 0 aromatic rings. The van der Waals surface area contributed by atoms with Crippen molar-refractivity contribution in [1.29, 1.82) is 0 Å². The normalized spacial score (nSPS) is 26.5. The molecule has 2 aliphatic heterocycles. The maximum Gasteiger partial charge on any atom is 0.227 e. The molecule has 3 N–H and O–H groups in total. The Morgan fingerprint density at radius 1 is 1.38 bits per heavy atom. The SMILES string of the molecule is CC1CCCCN1CCCNC(=O)C1(CN)CCOCC1. The number of amides is 1. The van der Waals surface area contributed by atoms with Gasteiger partial charge in [0.1, 0.15) is 0 Å². The molecule has 2 rings (SSSR count). The Labute approximate surface area is 128 Å². The summed E-state index contributed by atoms with van der Waals surface area (Å²) in [6, 6.07) is 0.695. The van der Waals surface area contributed by atoms with E-state index in [0.717, 1.165) is 32.4 Å². The number of ether oxygens (including phenoxy) is 1. The highest BCUT2D eigenvalue weighted by molar-refractivity contribution is 5.83. The molecule has 2 aliphatic rings. The van der Waals surface area contributed by atoms with Crippen molar-refractivity contribution < 1.29 is 9.53 Å². The Bertz CT molecular complexity index is 329. The molecule has 21 heavy (non-hydrogen) atoms. The van der Waals surface area contributed by atoms with Gasteiger partial charge in [0.15, 0.2) is 0 Å². The molecule has 2 heterocycles. The first-order valence-electron chi connectivity index (χ1n) is 8.48. The van der Waals surface area contributed by atoms with Crippen LogP contribution in [-0.2, 0) is 9.53 Å². The van der Waals surface area contributed by atoms with Crippen LogP contribution < -0.4 is 11.1 Å². The van der Waals surface area contributed by atoms with E-state index in [4.69, 9.17) is 10.5 Å². The smallest absolute Gasteiger partial charge is 0.227 e. The maximum absolute atomic E-state index is 12.4. The van der Waals surface area contributed by atoms with Crippen molar-refractivity contribution in [2.75, 3.05) is 39.4 Å². The third kappa shape index (κ3) is 4.41. The minimum atomic E-state index is -0.392. The number of piperidine rings is 1. The molecule has 1 unspecified atom stereocenters. The zero-order valence-electron chi connectivity index (χ0n) is 13.4. The van der Waals surface area contributed by atoms with Gasteiger partial charge >= 0.3 is 0 Å². The second-order valence-corrected chi connectivity index (χ2v) is 6.59. The van der Waals surface area contributed by atoms with Crippen molar-refractivity contribution in [3.8, 4) is 0 Å². The van der Waals surface area contributed by atoms with Gasteiger partial charge in [-0.25, -0.2) is 0 Å². The molecule has 0 bridgehead atoms. The van der Waals surface area contributed by atoms with Crippen LogP contribution in [0.1, 0.15) is 45.4 Å². The number of nitrogens with two attached hydrogens (primary N) is 1. The Morgan fingerprint density at radius 2 is 2.14 bits per heavy atom. The summed E-state index contributed by atoms with van der Waals surface area (Å²) in [5.41, 5.74) is 5.46. The molecule has 0 aliphatic carbocycles. The fraction of sp³-hybridized carbons (Fsp3) is 0.938. The molecule has 0 aromatic carbocycles. The Kier molecular flexibility index (Phi) is 6.45. The molecule has 5 nitrogen and oxygen atoms in total. The van der Waals surface area contributed by atoms with Crippen LogP contribution in [0.4, 0.5) is 0 Å². The van der Waals surface area contributed by atoms with Crippen LogP contribution in [0.15, 0.2) is 0 Å². The standard InChI is InChI=1S/C16H31N3O2/c1-14-5-2-3-9-19(14)10-4-8-18-15(20)16(13-17)6-11-21-12-7-16/h14H,2-13,17H2,1H3,(H,18,20). The zero-order chi connectivity index (χ0) is 15.1. The van der Waals surface area contributed by atoms with Gasteiger partial charge in [0.25, 0.3) is 0 Å². The van der Waals surface area contributed by atoms with E-state index < -0.39 is 5.41 Å². The van der Waals surface area contributed by atoms with Crippen LogP contribution in [0.5, 0.6) is 0 Å². The summed E-state index contributed by atoms with van der Waals surface area (Å²) >= 11 is 0. The van der Waals surface area contributed by atoms with Crippen molar-refractivity contribution in [1.82, 2.24) is 10.2 Å². The van der Waals surface area contributed by atoms with Gasteiger partial charge in [-0.05, 0) is 45.6 Å². The first-order valence-corrected chi connectivity index (χ1v) is 8.48. The van der Waals surface area contributed by atoms with Crippen LogP contribution in [-0.4, -0.2) is 56.2 Å². The average molecular weight is 297 g/mol. The van der Waals surface area contributed by atoms with E-state index in [1.807, 2.05) is 0 Å². The summed E-state index contributed by atoms with van der Waals surface area (Å²) in [4.78, 5) is 15.0. The van der Waals surface area contributed by atoms with Gasteiger partial charge in [-0.1, -0.05) is 6.42 Å². The number of likely N-dealkylation sites (tertiary alicyclic amines) is 1. The van der Waals surface area contributed by atoms with Crippen molar-refractivity contribution in [2.45, 2.75) is 51.5 Å². The minimum Gasteiger partial charge on any atom is -0.381 e. The topological polar surface area (TPSA) is 67.6 Å². The van der Waals surface area contributed by atoms with E-state index in [1.165, 1.54) is 25.8 Å². The van der Waals surface area contributed by atoms with E-state index in [9.17, 15) is 4.79 Å². The second-order valence-electron chi connectivity index (χ2n) is 6.59. The first kappa shape index (κ1) is 16.7. The molecule has 2 saturated heterocycles. The summed E-state index contributed by atoms with van der Waals surface area (Å²) < 4.78 is 5.35. The zero-order valence-corrected chi connectivity index (χ0v) is 13.4. The third-order valence-corrected chi connectivity index (χ3v) is 5.17. The quantitative estimate of drug-likeness (QED) is 0.721. The van der Waals surface area contributed by atoms with Crippen LogP contribution in [0.3, 0.4) is 0 Å². The largest absolute Gasteiger partial charge is 0.381 e. The van der Waals surface area contributed by atoms with Crippen LogP contribution in [0.2, 0.25) is 0 Å². The Hall–Kier alpha value is -0.650. The molecular weight excluding hydrogens is 266 g/mol. The number of carbonyl (C=O) groups is 1. The highest BCUT2D eigenvalue weighted by Gasteiger charge is 2.38. The molecule has 2 fully saturated rings. The summed E-state index contributed by atoms with van der Waals surface area (Å²) in [7, 11) is 0. The highest BCUT2D eigenvalue weighted by atomic mass is 16.5. The van der Waals surface area contributed by atoms with Crippen molar-refractivity contribution in [2.24, 2.45) is 11.1 Å². The number of rotatable bonds is 6. The highest BCUT2D eigenvalue weighted by Crippen LogP contribution is 2.29. The third-order valence-electron chi connectivity index (χ3n) is 5.17. The van der Waals surface area contributed by atoms with Gasteiger partial charge in [0.05, 0.1) is 5.41 Å². The van der Waals surface area contributed by atoms with E-state index in [-0.39, 0.29) is 5.91 Å². The molecule has 1 amide bonds. The van der Waals surface area contributed by atoms with Gasteiger partial charge in [0, 0.05) is 38.9 Å². The lowest BCUT2D eigenvalue weighted by atomic mass is 9.79. The Balaban J connectivity index is 1.68. The van der Waals surface area contributed by atoms with Gasteiger partial charge in [0.2, 0.25) is 5.91 Å². The molecule has 5 heteroatoms. The number of carbonyl (C=O) groups excluding carboxylic acids is 1. The van der Waals surface area contributed by atoms with Crippen molar-refractivity contribution in [3.63, 3.8) is 0 Å². The number of nitrogens with zero attached hydrogens (tertiary/aromatic N) is 1. The van der Waals surface area contributed by atoms with Gasteiger partial charge in [-0.15, -0.1) is 0 Å². The lowest BCUT2D eigenvalue weighted by Crippen LogP contribution is -2.49. The number of nitrogens with one attached hydrogen (secondary N) is 1. The van der Waals surface area contributed by atoms with Crippen molar-refractivity contribution >= 4 is 5.91 Å². The van der Waals surface area contributed by atoms with Gasteiger partial charge in [-0.3, -0.25) is 4.79 Å². The summed E-state index contributed by atoms with van der Waals surface area (Å²) in [5, 5.41) is 3.10. The van der Waals surface area contributed by atoms with E-state index >= 15 is 0 Å². The van der Waals surface area contributed by atoms with Gasteiger partial charge < -0.3 is 20.7 Å². The maximum atomic E-state index is 12.4. The minimum absolute atomic E-state index is 0.125. The van der Waals surface area contributed by atoms with Crippen molar-refractivity contribution in [3.05, 3.63) is 0 Å². The summed E-state index contributed by atoms with van der Waals surface area (Å²) in [6.07, 6.45) is 6.50. The molecule has 0 radical (unpaired) electrons. The lowest BCUT2D eigenvalue weighted by Gasteiger charge is -2.35. The van der Waals surface area contributed by atoms with E-state index in [1.54, 1.807) is 0 Å². The predicted molar refractivity (Wildman–Crippen MR) is 84.1 cm³/mol. The molecule has 0 saturated carbocycles. The first-order chi connectivity index (χ1) is 10.2. The number of hydrogen-bond donors (Lipinski definition) is 2. The van der Waals surface area contributed by atoms with Crippen LogP contribution in [0.25, 0.3) is 0 Å². The van der Waals surface area contributed by atoms with Crippen LogP contribution in [0, 0.1) is 5.41 Å².